The van der Waals surface area contributed by atoms with Crippen LogP contribution in [-0.4, -0.2) is 29.5 Å². The van der Waals surface area contributed by atoms with Crippen LogP contribution in [0.1, 0.15) is 0 Å². The van der Waals surface area contributed by atoms with Gasteiger partial charge >= 0.3 is 0 Å². The van der Waals surface area contributed by atoms with Crippen molar-refractivity contribution < 1.29 is 4.42 Å². The van der Waals surface area contributed by atoms with E-state index in [-0.39, 0.29) is 0 Å². The van der Waals surface area contributed by atoms with Crippen molar-refractivity contribution >= 4 is 75.4 Å². The van der Waals surface area contributed by atoms with Gasteiger partial charge in [0.1, 0.15) is 16.8 Å². The van der Waals surface area contributed by atoms with Gasteiger partial charge in [-0.05, 0) is 59.7 Å². The molecule has 8 heteroatoms. The highest BCUT2D eigenvalue weighted by molar-refractivity contribution is 7.26. The number of benzene rings is 8. The molecule has 0 saturated heterocycles. The Bertz CT molecular complexity index is 3910. The zero-order chi connectivity index (χ0) is 41.4. The Hall–Kier alpha value is -8.33. The molecule has 8 aromatic carbocycles. The van der Waals surface area contributed by atoms with Gasteiger partial charge in [-0.15, -0.1) is 11.3 Å². The molecule has 7 nitrogen and oxygen atoms in total. The number of rotatable bonds is 6. The van der Waals surface area contributed by atoms with E-state index in [0.717, 1.165) is 97.5 Å². The highest BCUT2D eigenvalue weighted by Crippen LogP contribution is 2.43. The Morgan fingerprint density at radius 2 is 1.05 bits per heavy atom. The minimum absolute atomic E-state index is 0.557. The largest absolute Gasteiger partial charge is 0.452 e. The van der Waals surface area contributed by atoms with Crippen molar-refractivity contribution in [2.24, 2.45) is 0 Å². The Labute approximate surface area is 364 Å². The Kier molecular flexibility index (Phi) is 7.94. The van der Waals surface area contributed by atoms with Gasteiger partial charge < -0.3 is 4.42 Å². The number of fused-ring (bicyclic) bond motifs is 9. The molecule has 13 aromatic rings. The van der Waals surface area contributed by atoms with Crippen LogP contribution < -0.4 is 0 Å². The van der Waals surface area contributed by atoms with Crippen molar-refractivity contribution in [3.63, 3.8) is 0 Å². The van der Waals surface area contributed by atoms with Crippen molar-refractivity contribution in [3.8, 4) is 62.5 Å². The molecule has 63 heavy (non-hydrogen) atoms. The average Bonchev–Trinajstić information content (AvgIpc) is 4.04. The third-order valence-electron chi connectivity index (χ3n) is 11.9. The van der Waals surface area contributed by atoms with Gasteiger partial charge in [-0.3, -0.25) is 4.57 Å². The molecule has 0 aliphatic rings. The number of hydrogen-bond acceptors (Lipinski definition) is 7. The van der Waals surface area contributed by atoms with Crippen LogP contribution in [0, 0.1) is 0 Å². The minimum atomic E-state index is 0.557. The summed E-state index contributed by atoms with van der Waals surface area (Å²) < 4.78 is 10.9. The zero-order valence-corrected chi connectivity index (χ0v) is 34.3. The second-order valence-corrected chi connectivity index (χ2v) is 16.7. The van der Waals surface area contributed by atoms with Crippen LogP contribution in [-0.2, 0) is 0 Å². The molecule has 0 aliphatic heterocycles. The van der Waals surface area contributed by atoms with Crippen LogP contribution in [0.2, 0.25) is 0 Å². The fraction of sp³-hybridized carbons (Fsp3) is 0. The van der Waals surface area contributed by atoms with Crippen LogP contribution in [0.4, 0.5) is 0 Å². The molecule has 0 N–H and O–H groups in total. The van der Waals surface area contributed by atoms with E-state index in [4.69, 9.17) is 29.3 Å². The molecule has 0 unspecified atom stereocenters. The predicted molar refractivity (Wildman–Crippen MR) is 257 cm³/mol. The van der Waals surface area contributed by atoms with E-state index in [9.17, 15) is 0 Å². The van der Waals surface area contributed by atoms with Gasteiger partial charge in [-0.1, -0.05) is 146 Å². The first-order valence-electron chi connectivity index (χ1n) is 20.8. The summed E-state index contributed by atoms with van der Waals surface area (Å²) in [6.07, 6.45) is 0. The molecule has 5 heterocycles. The predicted octanol–water partition coefficient (Wildman–Crippen LogP) is 14.4. The normalized spacial score (nSPS) is 11.8. The molecule has 294 valence electrons. The minimum Gasteiger partial charge on any atom is -0.452 e. The van der Waals surface area contributed by atoms with E-state index in [1.807, 2.05) is 66.7 Å². The maximum Gasteiger partial charge on any atom is 0.238 e. The number of para-hydroxylation sites is 2. The number of aromatic nitrogens is 6. The summed E-state index contributed by atoms with van der Waals surface area (Å²) in [6.45, 7) is 0. The van der Waals surface area contributed by atoms with Crippen LogP contribution in [0.5, 0.6) is 0 Å². The lowest BCUT2D eigenvalue weighted by atomic mass is 9.99. The van der Waals surface area contributed by atoms with Gasteiger partial charge in [0, 0.05) is 58.6 Å². The van der Waals surface area contributed by atoms with Crippen molar-refractivity contribution in [1.82, 2.24) is 29.5 Å². The van der Waals surface area contributed by atoms with E-state index < -0.39 is 0 Å². The van der Waals surface area contributed by atoms with Gasteiger partial charge in [-0.25, -0.2) is 15.0 Å². The van der Waals surface area contributed by atoms with Gasteiger partial charge in [0.15, 0.2) is 23.1 Å². The van der Waals surface area contributed by atoms with Crippen LogP contribution in [0.25, 0.3) is 127 Å². The summed E-state index contributed by atoms with van der Waals surface area (Å²) >= 11 is 1.74. The van der Waals surface area contributed by atoms with E-state index >= 15 is 0 Å². The summed E-state index contributed by atoms with van der Waals surface area (Å²) in [5, 5.41) is 5.48. The number of hydrogen-bond donors (Lipinski definition) is 0. The van der Waals surface area contributed by atoms with Gasteiger partial charge in [0.25, 0.3) is 0 Å². The Morgan fingerprint density at radius 1 is 0.413 bits per heavy atom. The standard InChI is InChI=1S/C55H32N6OS/c1-4-16-33(17-5-1)37-24-15-28-44-47(37)39-22-10-12-27-43(39)61(44)55-59-52(35-20-8-3-9-21-35)58-53(60-55)36-30-31-46-42(32-36)38-25-14-26-41(51(38)63-46)54-56-48(34-18-6-2-7-19-34)50-49(57-54)40-23-11-13-29-45(40)62-50/h1-32H. The van der Waals surface area contributed by atoms with Crippen LogP contribution in [0.15, 0.2) is 199 Å². The molecule has 13 rings (SSSR count). The first kappa shape index (κ1) is 35.4. The zero-order valence-electron chi connectivity index (χ0n) is 33.5. The third kappa shape index (κ3) is 5.69. The first-order chi connectivity index (χ1) is 31.2. The number of thiophene rings is 1. The van der Waals surface area contributed by atoms with Gasteiger partial charge in [0.05, 0.1) is 11.0 Å². The fourth-order valence-electron chi connectivity index (χ4n) is 9.02. The second-order valence-electron chi connectivity index (χ2n) is 15.6. The van der Waals surface area contributed by atoms with E-state index in [0.29, 0.717) is 29.0 Å². The maximum atomic E-state index is 6.41. The second kappa shape index (κ2) is 14.1. The highest BCUT2D eigenvalue weighted by atomic mass is 32.1. The average molecular weight is 825 g/mol. The number of nitrogens with zero attached hydrogens (tertiary/aromatic N) is 6. The van der Waals surface area contributed by atoms with Crippen LogP contribution >= 0.6 is 11.3 Å². The lowest BCUT2D eigenvalue weighted by Gasteiger charge is -2.11. The summed E-state index contributed by atoms with van der Waals surface area (Å²) in [5.41, 5.74) is 11.2. The molecule has 0 aliphatic carbocycles. The third-order valence-corrected chi connectivity index (χ3v) is 13.1. The molecule has 0 bridgehead atoms. The molecule has 0 spiro atoms. The molecule has 0 saturated carbocycles. The molecular formula is C55H32N6OS. The quantitative estimate of drug-likeness (QED) is 0.166. The van der Waals surface area contributed by atoms with Crippen LogP contribution in [0.3, 0.4) is 0 Å². The smallest absolute Gasteiger partial charge is 0.238 e. The highest BCUT2D eigenvalue weighted by Gasteiger charge is 2.23. The fourth-order valence-corrected chi connectivity index (χ4v) is 10.2. The maximum absolute atomic E-state index is 6.41. The monoisotopic (exact) mass is 824 g/mol. The van der Waals surface area contributed by atoms with Crippen molar-refractivity contribution in [3.05, 3.63) is 194 Å². The van der Waals surface area contributed by atoms with Gasteiger partial charge in [0.2, 0.25) is 5.95 Å². The molecule has 0 amide bonds. The Balaban J connectivity index is 1.01. The lowest BCUT2D eigenvalue weighted by molar-refractivity contribution is 0.667. The lowest BCUT2D eigenvalue weighted by Crippen LogP contribution is -2.06. The van der Waals surface area contributed by atoms with E-state index in [1.165, 1.54) is 0 Å². The summed E-state index contributed by atoms with van der Waals surface area (Å²) in [5.74, 6) is 2.41. The van der Waals surface area contributed by atoms with E-state index in [1.54, 1.807) is 11.3 Å². The van der Waals surface area contributed by atoms with Crippen molar-refractivity contribution in [2.75, 3.05) is 0 Å². The SMILES string of the molecule is c1ccc(-c2nc(-c3ccc4sc5c(-c6nc(-c7ccccc7)c7oc8ccccc8c7n6)cccc5c4c3)nc(-n3c4ccccc4c4c(-c5ccccc5)cccc43)n2)cc1. The molecule has 5 aromatic heterocycles. The summed E-state index contributed by atoms with van der Waals surface area (Å²) in [7, 11) is 0. The van der Waals surface area contributed by atoms with Crippen molar-refractivity contribution in [1.29, 1.82) is 0 Å². The van der Waals surface area contributed by atoms with Gasteiger partial charge in [-0.2, -0.15) is 9.97 Å². The molecule has 0 radical (unpaired) electrons. The number of furan rings is 1. The Morgan fingerprint density at radius 3 is 1.86 bits per heavy atom. The first-order valence-corrected chi connectivity index (χ1v) is 21.7. The summed E-state index contributed by atoms with van der Waals surface area (Å²) in [4.78, 5) is 26.1. The summed E-state index contributed by atoms with van der Waals surface area (Å²) in [6, 6.07) is 66.9. The molecule has 0 fully saturated rings. The topological polar surface area (TPSA) is 82.5 Å². The molecule has 0 atom stereocenters. The van der Waals surface area contributed by atoms with E-state index in [2.05, 4.69) is 132 Å². The molecular weight excluding hydrogens is 793 g/mol. The van der Waals surface area contributed by atoms with Crippen molar-refractivity contribution in [2.45, 2.75) is 0 Å².